The lowest BCUT2D eigenvalue weighted by molar-refractivity contribution is 0.318. The molecule has 0 spiro atoms. The number of rotatable bonds is 6. The summed E-state index contributed by atoms with van der Waals surface area (Å²) >= 11 is 7.83. The molecule has 0 amide bonds. The van der Waals surface area contributed by atoms with Crippen molar-refractivity contribution < 1.29 is 4.74 Å². The van der Waals surface area contributed by atoms with E-state index in [1.807, 2.05) is 32.0 Å². The second kappa shape index (κ2) is 7.14. The standard InChI is InChI=1S/C16H21ClN2OS/c1-5-8-20-15-7-6-13(17)9-14(15)19-11(3)16-10(2)18-12(4)21-16/h6-7,9,11,19H,5,8H2,1-4H3. The molecule has 2 aromatic rings. The highest BCUT2D eigenvalue weighted by Crippen LogP contribution is 2.33. The number of aromatic nitrogens is 1. The van der Waals surface area contributed by atoms with Gasteiger partial charge in [-0.05, 0) is 45.4 Å². The Hall–Kier alpha value is -1.26. The molecule has 1 unspecified atom stereocenters. The predicted octanol–water partition coefficient (Wildman–Crippen LogP) is 5.38. The molecule has 1 atom stereocenters. The van der Waals surface area contributed by atoms with Crippen LogP contribution in [-0.2, 0) is 0 Å². The molecule has 3 nitrogen and oxygen atoms in total. The molecule has 0 aliphatic carbocycles. The molecule has 114 valence electrons. The molecule has 0 saturated heterocycles. The van der Waals surface area contributed by atoms with Crippen molar-refractivity contribution in [2.45, 2.75) is 40.2 Å². The first-order valence-electron chi connectivity index (χ1n) is 7.14. The Morgan fingerprint density at radius 1 is 1.38 bits per heavy atom. The van der Waals surface area contributed by atoms with Gasteiger partial charge in [0.15, 0.2) is 0 Å². The smallest absolute Gasteiger partial charge is 0.142 e. The van der Waals surface area contributed by atoms with Crippen molar-refractivity contribution in [3.8, 4) is 5.75 Å². The van der Waals surface area contributed by atoms with E-state index in [0.29, 0.717) is 11.6 Å². The molecule has 2 rings (SSSR count). The van der Waals surface area contributed by atoms with Crippen LogP contribution in [0, 0.1) is 13.8 Å². The number of nitrogens with zero attached hydrogens (tertiary/aromatic N) is 1. The van der Waals surface area contributed by atoms with E-state index in [4.69, 9.17) is 16.3 Å². The molecular formula is C16H21ClN2OS. The first kappa shape index (κ1) is 16.1. The zero-order chi connectivity index (χ0) is 15.4. The maximum absolute atomic E-state index is 6.11. The van der Waals surface area contributed by atoms with Gasteiger partial charge < -0.3 is 10.1 Å². The van der Waals surface area contributed by atoms with Crippen LogP contribution >= 0.6 is 22.9 Å². The van der Waals surface area contributed by atoms with Crippen molar-refractivity contribution in [1.29, 1.82) is 0 Å². The Bertz CT molecular complexity index is 612. The summed E-state index contributed by atoms with van der Waals surface area (Å²) in [4.78, 5) is 5.73. The van der Waals surface area contributed by atoms with Crippen LogP contribution < -0.4 is 10.1 Å². The maximum Gasteiger partial charge on any atom is 0.142 e. The molecule has 21 heavy (non-hydrogen) atoms. The first-order valence-corrected chi connectivity index (χ1v) is 8.33. The van der Waals surface area contributed by atoms with Crippen molar-refractivity contribution in [3.05, 3.63) is 38.8 Å². The number of benzene rings is 1. The number of ether oxygens (including phenoxy) is 1. The summed E-state index contributed by atoms with van der Waals surface area (Å²) in [6.45, 7) is 9.00. The summed E-state index contributed by atoms with van der Waals surface area (Å²) in [5.41, 5.74) is 2.00. The van der Waals surface area contributed by atoms with Gasteiger partial charge in [-0.2, -0.15) is 0 Å². The number of thiazole rings is 1. The van der Waals surface area contributed by atoms with Gasteiger partial charge in [0.2, 0.25) is 0 Å². The number of anilines is 1. The van der Waals surface area contributed by atoms with Gasteiger partial charge >= 0.3 is 0 Å². The second-order valence-corrected chi connectivity index (χ2v) is 6.71. The van der Waals surface area contributed by atoms with Gasteiger partial charge in [-0.15, -0.1) is 11.3 Å². The van der Waals surface area contributed by atoms with Crippen molar-refractivity contribution in [2.75, 3.05) is 11.9 Å². The third kappa shape index (κ3) is 4.11. The minimum atomic E-state index is 0.165. The highest BCUT2D eigenvalue weighted by Gasteiger charge is 2.15. The number of aryl methyl sites for hydroxylation is 2. The Morgan fingerprint density at radius 3 is 2.76 bits per heavy atom. The van der Waals surface area contributed by atoms with E-state index in [-0.39, 0.29) is 6.04 Å². The molecule has 0 aliphatic rings. The quantitative estimate of drug-likeness (QED) is 0.775. The zero-order valence-corrected chi connectivity index (χ0v) is 14.4. The Labute approximate surface area is 135 Å². The molecular weight excluding hydrogens is 304 g/mol. The molecule has 5 heteroatoms. The van der Waals surface area contributed by atoms with Gasteiger partial charge in [-0.1, -0.05) is 18.5 Å². The molecule has 1 aromatic carbocycles. The summed E-state index contributed by atoms with van der Waals surface area (Å²) in [5, 5.41) is 5.28. The molecule has 1 aromatic heterocycles. The van der Waals surface area contributed by atoms with Crippen LogP contribution in [0.2, 0.25) is 5.02 Å². The van der Waals surface area contributed by atoms with Gasteiger partial charge in [-0.3, -0.25) is 0 Å². The lowest BCUT2D eigenvalue weighted by atomic mass is 10.2. The fraction of sp³-hybridized carbons (Fsp3) is 0.438. The van der Waals surface area contributed by atoms with Gasteiger partial charge in [0.25, 0.3) is 0 Å². The normalized spacial score (nSPS) is 12.2. The molecule has 0 aliphatic heterocycles. The van der Waals surface area contributed by atoms with Crippen LogP contribution in [0.3, 0.4) is 0 Å². The van der Waals surface area contributed by atoms with E-state index >= 15 is 0 Å². The largest absolute Gasteiger partial charge is 0.491 e. The van der Waals surface area contributed by atoms with Crippen LogP contribution in [0.4, 0.5) is 5.69 Å². The highest BCUT2D eigenvalue weighted by molar-refractivity contribution is 7.11. The third-order valence-electron chi connectivity index (χ3n) is 3.11. The van der Waals surface area contributed by atoms with Crippen LogP contribution in [0.25, 0.3) is 0 Å². The maximum atomic E-state index is 6.11. The number of hydrogen-bond donors (Lipinski definition) is 1. The topological polar surface area (TPSA) is 34.1 Å². The van der Waals surface area contributed by atoms with Crippen molar-refractivity contribution >= 4 is 28.6 Å². The summed E-state index contributed by atoms with van der Waals surface area (Å²) in [7, 11) is 0. The minimum Gasteiger partial charge on any atom is -0.491 e. The lowest BCUT2D eigenvalue weighted by Gasteiger charge is -2.18. The van der Waals surface area contributed by atoms with Gasteiger partial charge in [-0.25, -0.2) is 4.98 Å². The number of halogens is 1. The summed E-state index contributed by atoms with van der Waals surface area (Å²) in [5.74, 6) is 0.840. The van der Waals surface area contributed by atoms with E-state index in [2.05, 4.69) is 24.1 Å². The Morgan fingerprint density at radius 2 is 2.14 bits per heavy atom. The number of hydrogen-bond acceptors (Lipinski definition) is 4. The van der Waals surface area contributed by atoms with E-state index < -0.39 is 0 Å². The molecule has 0 radical (unpaired) electrons. The highest BCUT2D eigenvalue weighted by atomic mass is 35.5. The van der Waals surface area contributed by atoms with Crippen LogP contribution in [0.5, 0.6) is 5.75 Å². The zero-order valence-electron chi connectivity index (χ0n) is 12.9. The summed E-state index contributed by atoms with van der Waals surface area (Å²) in [6.07, 6.45) is 0.977. The summed E-state index contributed by atoms with van der Waals surface area (Å²) in [6, 6.07) is 5.84. The van der Waals surface area contributed by atoms with E-state index in [1.165, 1.54) is 4.88 Å². The lowest BCUT2D eigenvalue weighted by Crippen LogP contribution is -2.08. The SMILES string of the molecule is CCCOc1ccc(Cl)cc1NC(C)c1sc(C)nc1C. The van der Waals surface area contributed by atoms with Crippen molar-refractivity contribution in [3.63, 3.8) is 0 Å². The average Bonchev–Trinajstić information content (AvgIpc) is 2.77. The molecule has 1 heterocycles. The average molecular weight is 325 g/mol. The molecule has 0 fully saturated rings. The van der Waals surface area contributed by atoms with Crippen molar-refractivity contribution in [1.82, 2.24) is 4.98 Å². The minimum absolute atomic E-state index is 0.165. The van der Waals surface area contributed by atoms with Crippen LogP contribution in [-0.4, -0.2) is 11.6 Å². The van der Waals surface area contributed by atoms with Crippen molar-refractivity contribution in [2.24, 2.45) is 0 Å². The molecule has 0 bridgehead atoms. The molecule has 0 saturated carbocycles. The number of nitrogens with one attached hydrogen (secondary N) is 1. The van der Waals surface area contributed by atoms with Crippen LogP contribution in [0.1, 0.15) is 41.9 Å². The Kier molecular flexibility index (Phi) is 5.48. The van der Waals surface area contributed by atoms with E-state index in [1.54, 1.807) is 11.3 Å². The van der Waals surface area contributed by atoms with Crippen LogP contribution in [0.15, 0.2) is 18.2 Å². The van der Waals surface area contributed by atoms with Gasteiger partial charge in [0.05, 0.1) is 29.0 Å². The third-order valence-corrected chi connectivity index (χ3v) is 4.60. The van der Waals surface area contributed by atoms with Gasteiger partial charge in [0, 0.05) is 9.90 Å². The Balaban J connectivity index is 2.21. The monoisotopic (exact) mass is 324 g/mol. The molecule has 1 N–H and O–H groups in total. The summed E-state index contributed by atoms with van der Waals surface area (Å²) < 4.78 is 5.78. The second-order valence-electron chi connectivity index (χ2n) is 5.04. The van der Waals surface area contributed by atoms with E-state index in [9.17, 15) is 0 Å². The fourth-order valence-electron chi connectivity index (χ4n) is 2.20. The fourth-order valence-corrected chi connectivity index (χ4v) is 3.30. The van der Waals surface area contributed by atoms with E-state index in [0.717, 1.165) is 28.6 Å². The van der Waals surface area contributed by atoms with Gasteiger partial charge in [0.1, 0.15) is 5.75 Å². The predicted molar refractivity (Wildman–Crippen MR) is 90.9 cm³/mol. The first-order chi connectivity index (χ1) is 10.0.